The Bertz CT molecular complexity index is 671. The summed E-state index contributed by atoms with van der Waals surface area (Å²) in [6.45, 7) is 5.76. The lowest BCUT2D eigenvalue weighted by atomic mass is 9.85. The number of carbonyl (C=O) groups is 1. The third-order valence-corrected chi connectivity index (χ3v) is 3.96. The number of hydrogen-bond donors (Lipinski definition) is 2. The van der Waals surface area contributed by atoms with E-state index in [4.69, 9.17) is 4.74 Å². The fourth-order valence-electron chi connectivity index (χ4n) is 2.97. The van der Waals surface area contributed by atoms with Crippen LogP contribution in [0.15, 0.2) is 42.5 Å². The quantitative estimate of drug-likeness (QED) is 0.800. The lowest BCUT2D eigenvalue weighted by Crippen LogP contribution is -2.23. The van der Waals surface area contributed by atoms with Crippen LogP contribution >= 0.6 is 0 Å². The summed E-state index contributed by atoms with van der Waals surface area (Å²) in [7, 11) is 0. The lowest BCUT2D eigenvalue weighted by molar-refractivity contribution is 0.0526. The molecule has 0 unspecified atom stereocenters. The van der Waals surface area contributed by atoms with Gasteiger partial charge < -0.3 is 14.9 Å². The topological polar surface area (TPSA) is 66.8 Å². The SMILES string of the molecule is CCOC(=O)c1ccc([C@H](c2cc(C)cc(C)c2)[C@H](O)CO)cc1. The molecule has 24 heavy (non-hydrogen) atoms. The maximum Gasteiger partial charge on any atom is 0.338 e. The third-order valence-electron chi connectivity index (χ3n) is 3.96. The van der Waals surface area contributed by atoms with Crippen molar-refractivity contribution in [3.05, 3.63) is 70.3 Å². The summed E-state index contributed by atoms with van der Waals surface area (Å²) in [6, 6.07) is 13.1. The zero-order valence-corrected chi connectivity index (χ0v) is 14.3. The molecule has 0 aliphatic rings. The molecule has 4 heteroatoms. The largest absolute Gasteiger partial charge is 0.462 e. The van der Waals surface area contributed by atoms with Crippen LogP contribution in [0.2, 0.25) is 0 Å². The van der Waals surface area contributed by atoms with Gasteiger partial charge in [-0.05, 0) is 44.0 Å². The summed E-state index contributed by atoms with van der Waals surface area (Å²) < 4.78 is 4.98. The summed E-state index contributed by atoms with van der Waals surface area (Å²) in [4.78, 5) is 11.8. The van der Waals surface area contributed by atoms with Crippen LogP contribution in [0, 0.1) is 13.8 Å². The predicted octanol–water partition coefficient (Wildman–Crippen LogP) is 2.97. The molecule has 0 saturated carbocycles. The van der Waals surface area contributed by atoms with E-state index in [-0.39, 0.29) is 18.5 Å². The van der Waals surface area contributed by atoms with Gasteiger partial charge >= 0.3 is 5.97 Å². The molecule has 2 rings (SSSR count). The van der Waals surface area contributed by atoms with E-state index in [1.807, 2.05) is 26.0 Å². The average molecular weight is 328 g/mol. The van der Waals surface area contributed by atoms with Crippen molar-refractivity contribution in [3.8, 4) is 0 Å². The molecule has 0 amide bonds. The number of benzene rings is 2. The van der Waals surface area contributed by atoms with Crippen molar-refractivity contribution < 1.29 is 19.7 Å². The molecule has 2 N–H and O–H groups in total. The lowest BCUT2D eigenvalue weighted by Gasteiger charge is -2.23. The van der Waals surface area contributed by atoms with E-state index in [0.29, 0.717) is 12.2 Å². The Hall–Kier alpha value is -2.17. The second kappa shape index (κ2) is 8.08. The molecule has 0 fully saturated rings. The number of aliphatic hydroxyl groups is 2. The predicted molar refractivity (Wildman–Crippen MR) is 93.3 cm³/mol. The van der Waals surface area contributed by atoms with Gasteiger partial charge in [-0.1, -0.05) is 41.5 Å². The van der Waals surface area contributed by atoms with Crippen LogP contribution in [0.1, 0.15) is 45.5 Å². The van der Waals surface area contributed by atoms with E-state index < -0.39 is 6.10 Å². The van der Waals surface area contributed by atoms with E-state index in [9.17, 15) is 15.0 Å². The molecule has 0 radical (unpaired) electrons. The van der Waals surface area contributed by atoms with Crippen LogP contribution in [-0.2, 0) is 4.74 Å². The maximum absolute atomic E-state index is 11.8. The highest BCUT2D eigenvalue weighted by molar-refractivity contribution is 5.89. The van der Waals surface area contributed by atoms with Gasteiger partial charge in [-0.15, -0.1) is 0 Å². The zero-order valence-electron chi connectivity index (χ0n) is 14.3. The third kappa shape index (κ3) is 4.22. The minimum Gasteiger partial charge on any atom is -0.462 e. The zero-order chi connectivity index (χ0) is 17.7. The molecule has 2 aromatic rings. The van der Waals surface area contributed by atoms with Crippen molar-refractivity contribution >= 4 is 5.97 Å². The van der Waals surface area contributed by atoms with E-state index >= 15 is 0 Å². The highest BCUT2D eigenvalue weighted by atomic mass is 16.5. The number of aliphatic hydroxyl groups excluding tert-OH is 2. The van der Waals surface area contributed by atoms with Crippen LogP contribution in [0.4, 0.5) is 0 Å². The molecule has 2 aromatic carbocycles. The van der Waals surface area contributed by atoms with Gasteiger partial charge in [0, 0.05) is 5.92 Å². The van der Waals surface area contributed by atoms with Crippen LogP contribution in [0.3, 0.4) is 0 Å². The number of rotatable bonds is 6. The summed E-state index contributed by atoms with van der Waals surface area (Å²) in [5.41, 5.74) is 4.46. The molecule has 0 bridgehead atoms. The summed E-state index contributed by atoms with van der Waals surface area (Å²) in [6.07, 6.45) is -0.917. The van der Waals surface area contributed by atoms with Gasteiger partial charge in [0.15, 0.2) is 0 Å². The molecule has 0 aromatic heterocycles. The Labute approximate surface area is 142 Å². The maximum atomic E-state index is 11.8. The molecular weight excluding hydrogens is 304 g/mol. The van der Waals surface area contributed by atoms with Crippen molar-refractivity contribution in [1.29, 1.82) is 0 Å². The Morgan fingerprint density at radius 2 is 1.62 bits per heavy atom. The number of hydrogen-bond acceptors (Lipinski definition) is 4. The van der Waals surface area contributed by atoms with Gasteiger partial charge in [-0.3, -0.25) is 0 Å². The standard InChI is InChI=1S/C20H24O4/c1-4-24-20(23)16-7-5-15(6-8-16)19(18(22)12-21)17-10-13(2)9-14(3)11-17/h5-11,18-19,21-22H,4,12H2,1-3H3/t18-,19-/m1/s1. The molecule has 0 spiro atoms. The fraction of sp³-hybridized carbons (Fsp3) is 0.350. The van der Waals surface area contributed by atoms with Gasteiger partial charge in [0.2, 0.25) is 0 Å². The molecule has 0 aliphatic carbocycles. The molecule has 128 valence electrons. The highest BCUT2D eigenvalue weighted by Crippen LogP contribution is 2.30. The first kappa shape index (κ1) is 18.2. The van der Waals surface area contributed by atoms with Crippen LogP contribution < -0.4 is 0 Å². The number of aryl methyl sites for hydroxylation is 2. The molecule has 0 aliphatic heterocycles. The van der Waals surface area contributed by atoms with E-state index in [2.05, 4.69) is 6.07 Å². The van der Waals surface area contributed by atoms with E-state index in [0.717, 1.165) is 22.3 Å². The van der Waals surface area contributed by atoms with Gasteiger partial charge in [-0.2, -0.15) is 0 Å². The van der Waals surface area contributed by atoms with Crippen molar-refractivity contribution in [2.45, 2.75) is 32.8 Å². The summed E-state index contributed by atoms with van der Waals surface area (Å²) in [5.74, 6) is -0.723. The normalized spacial score (nSPS) is 13.4. The first-order valence-corrected chi connectivity index (χ1v) is 8.10. The van der Waals surface area contributed by atoms with Crippen molar-refractivity contribution in [2.75, 3.05) is 13.2 Å². The smallest absolute Gasteiger partial charge is 0.338 e. The number of ether oxygens (including phenoxy) is 1. The first-order valence-electron chi connectivity index (χ1n) is 8.10. The minimum atomic E-state index is -0.917. The van der Waals surface area contributed by atoms with Crippen LogP contribution in [0.5, 0.6) is 0 Å². The second-order valence-corrected chi connectivity index (χ2v) is 5.99. The molecule has 0 saturated heterocycles. The molecular formula is C20H24O4. The molecule has 2 atom stereocenters. The Kier molecular flexibility index (Phi) is 6.12. The van der Waals surface area contributed by atoms with Crippen molar-refractivity contribution in [3.63, 3.8) is 0 Å². The van der Waals surface area contributed by atoms with Crippen molar-refractivity contribution in [1.82, 2.24) is 0 Å². The molecule has 0 heterocycles. The first-order chi connectivity index (χ1) is 11.5. The number of esters is 1. The number of carbonyl (C=O) groups excluding carboxylic acids is 1. The Morgan fingerprint density at radius 1 is 1.04 bits per heavy atom. The van der Waals surface area contributed by atoms with Gasteiger partial charge in [-0.25, -0.2) is 4.79 Å². The highest BCUT2D eigenvalue weighted by Gasteiger charge is 2.23. The van der Waals surface area contributed by atoms with Gasteiger partial charge in [0.05, 0.1) is 24.9 Å². The summed E-state index contributed by atoms with van der Waals surface area (Å²) in [5, 5.41) is 19.8. The Morgan fingerprint density at radius 3 is 2.12 bits per heavy atom. The van der Waals surface area contributed by atoms with E-state index in [1.54, 1.807) is 31.2 Å². The van der Waals surface area contributed by atoms with Gasteiger partial charge in [0.25, 0.3) is 0 Å². The molecule has 4 nitrogen and oxygen atoms in total. The van der Waals surface area contributed by atoms with Crippen LogP contribution in [-0.4, -0.2) is 35.5 Å². The fourth-order valence-corrected chi connectivity index (χ4v) is 2.97. The minimum absolute atomic E-state index is 0.328. The van der Waals surface area contributed by atoms with Crippen molar-refractivity contribution in [2.24, 2.45) is 0 Å². The monoisotopic (exact) mass is 328 g/mol. The van der Waals surface area contributed by atoms with Gasteiger partial charge in [0.1, 0.15) is 0 Å². The van der Waals surface area contributed by atoms with Crippen LogP contribution in [0.25, 0.3) is 0 Å². The summed E-state index contributed by atoms with van der Waals surface area (Å²) >= 11 is 0. The average Bonchev–Trinajstić information content (AvgIpc) is 2.55. The Balaban J connectivity index is 2.40. The van der Waals surface area contributed by atoms with E-state index in [1.165, 1.54) is 0 Å². The second-order valence-electron chi connectivity index (χ2n) is 5.99.